The Labute approximate surface area is 155 Å². The average Bonchev–Trinajstić information content (AvgIpc) is 3.13. The number of rotatable bonds is 4. The maximum absolute atomic E-state index is 12.9. The van der Waals surface area contributed by atoms with Gasteiger partial charge in [0.05, 0.1) is 4.90 Å². The van der Waals surface area contributed by atoms with Crippen molar-refractivity contribution < 1.29 is 13.2 Å². The zero-order valence-corrected chi connectivity index (χ0v) is 16.2. The van der Waals surface area contributed by atoms with Gasteiger partial charge in [0, 0.05) is 24.3 Å². The van der Waals surface area contributed by atoms with E-state index >= 15 is 0 Å². The second-order valence-corrected chi connectivity index (χ2v) is 8.77. The molecule has 1 aliphatic rings. The number of anilines is 1. The smallest absolute Gasteiger partial charge is 0.255 e. The van der Waals surface area contributed by atoms with Gasteiger partial charge >= 0.3 is 0 Å². The Bertz CT molecular complexity index is 946. The van der Waals surface area contributed by atoms with Gasteiger partial charge in [0.15, 0.2) is 0 Å². The van der Waals surface area contributed by atoms with Gasteiger partial charge in [-0.05, 0) is 68.5 Å². The number of hydrogen-bond acceptors (Lipinski definition) is 3. The predicted molar refractivity (Wildman–Crippen MR) is 103 cm³/mol. The lowest BCUT2D eigenvalue weighted by atomic mass is 10.1. The number of amides is 1. The van der Waals surface area contributed by atoms with Gasteiger partial charge in [0.2, 0.25) is 10.0 Å². The summed E-state index contributed by atoms with van der Waals surface area (Å²) in [5.41, 5.74) is 3.74. The van der Waals surface area contributed by atoms with Crippen LogP contribution < -0.4 is 5.32 Å². The van der Waals surface area contributed by atoms with E-state index in [2.05, 4.69) is 5.32 Å². The minimum Gasteiger partial charge on any atom is -0.322 e. The highest BCUT2D eigenvalue weighted by Gasteiger charge is 2.29. The van der Waals surface area contributed by atoms with Crippen LogP contribution in [-0.2, 0) is 10.0 Å². The molecule has 1 fully saturated rings. The van der Waals surface area contributed by atoms with Gasteiger partial charge in [-0.3, -0.25) is 4.79 Å². The van der Waals surface area contributed by atoms with Crippen LogP contribution in [-0.4, -0.2) is 31.7 Å². The summed E-state index contributed by atoms with van der Waals surface area (Å²) in [7, 11) is -3.56. The number of benzene rings is 2. The minimum absolute atomic E-state index is 0.216. The summed E-state index contributed by atoms with van der Waals surface area (Å²) in [6, 6.07) is 10.7. The highest BCUT2D eigenvalue weighted by atomic mass is 32.2. The van der Waals surface area contributed by atoms with Gasteiger partial charge in [-0.1, -0.05) is 18.2 Å². The summed E-state index contributed by atoms with van der Waals surface area (Å²) in [4.78, 5) is 12.9. The van der Waals surface area contributed by atoms with Crippen LogP contribution in [0.3, 0.4) is 0 Å². The number of sulfonamides is 1. The molecule has 0 spiro atoms. The molecule has 5 nitrogen and oxygen atoms in total. The first-order valence-corrected chi connectivity index (χ1v) is 10.2. The lowest BCUT2D eigenvalue weighted by Gasteiger charge is -2.18. The largest absolute Gasteiger partial charge is 0.322 e. The lowest BCUT2D eigenvalue weighted by molar-refractivity contribution is 0.102. The minimum atomic E-state index is -3.56. The number of carbonyl (C=O) groups is 1. The molecule has 0 atom stereocenters. The molecule has 1 N–H and O–H groups in total. The number of nitrogens with zero attached hydrogens (tertiary/aromatic N) is 1. The molecule has 1 amide bonds. The fourth-order valence-corrected chi connectivity index (χ4v) is 4.92. The van der Waals surface area contributed by atoms with Gasteiger partial charge in [0.25, 0.3) is 5.91 Å². The molecule has 2 aromatic rings. The van der Waals surface area contributed by atoms with Crippen LogP contribution in [0, 0.1) is 20.8 Å². The quantitative estimate of drug-likeness (QED) is 0.891. The van der Waals surface area contributed by atoms with Crippen molar-refractivity contribution >= 4 is 21.6 Å². The van der Waals surface area contributed by atoms with E-state index in [9.17, 15) is 13.2 Å². The lowest BCUT2D eigenvalue weighted by Crippen LogP contribution is -2.28. The highest BCUT2D eigenvalue weighted by Crippen LogP contribution is 2.25. The van der Waals surface area contributed by atoms with E-state index in [1.165, 1.54) is 10.4 Å². The van der Waals surface area contributed by atoms with Crippen LogP contribution in [0.15, 0.2) is 41.3 Å². The maximum Gasteiger partial charge on any atom is 0.255 e. The van der Waals surface area contributed by atoms with E-state index in [0.717, 1.165) is 29.7 Å². The van der Waals surface area contributed by atoms with Crippen molar-refractivity contribution in [2.24, 2.45) is 0 Å². The van der Waals surface area contributed by atoms with Crippen molar-refractivity contribution in [2.75, 3.05) is 18.4 Å². The molecule has 0 saturated carbocycles. The maximum atomic E-state index is 12.9. The van der Waals surface area contributed by atoms with Crippen LogP contribution in [0.25, 0.3) is 0 Å². The third kappa shape index (κ3) is 3.66. The fourth-order valence-electron chi connectivity index (χ4n) is 3.15. The van der Waals surface area contributed by atoms with E-state index in [1.807, 2.05) is 32.0 Å². The van der Waals surface area contributed by atoms with Crippen molar-refractivity contribution in [1.29, 1.82) is 0 Å². The van der Waals surface area contributed by atoms with Crippen LogP contribution in [0.4, 0.5) is 5.69 Å². The molecular formula is C20H24N2O3S. The third-order valence-electron chi connectivity index (χ3n) is 4.77. The van der Waals surface area contributed by atoms with E-state index in [-0.39, 0.29) is 10.8 Å². The highest BCUT2D eigenvalue weighted by molar-refractivity contribution is 7.89. The second kappa shape index (κ2) is 7.21. The van der Waals surface area contributed by atoms with E-state index in [4.69, 9.17) is 0 Å². The van der Waals surface area contributed by atoms with Gasteiger partial charge in [-0.15, -0.1) is 0 Å². The Morgan fingerprint density at radius 3 is 2.31 bits per heavy atom. The van der Waals surface area contributed by atoms with Crippen molar-refractivity contribution in [3.63, 3.8) is 0 Å². The predicted octanol–water partition coefficient (Wildman–Crippen LogP) is 3.65. The normalized spacial score (nSPS) is 15.2. The van der Waals surface area contributed by atoms with E-state index in [0.29, 0.717) is 24.2 Å². The molecule has 1 saturated heterocycles. The summed E-state index contributed by atoms with van der Waals surface area (Å²) in [6.07, 6.45) is 1.76. The van der Waals surface area contributed by atoms with Gasteiger partial charge in [-0.2, -0.15) is 4.31 Å². The SMILES string of the molecule is Cc1ccc(C)c(NC(=O)c2ccc(C)c(S(=O)(=O)N3CCCC3)c2)c1. The fraction of sp³-hybridized carbons (Fsp3) is 0.350. The standard InChI is InChI=1S/C20H24N2O3S/c1-14-6-7-15(2)18(12-14)21-20(23)17-9-8-16(3)19(13-17)26(24,25)22-10-4-5-11-22/h6-9,12-13H,4-5,10-11H2,1-3H3,(H,21,23). The monoisotopic (exact) mass is 372 g/mol. The Kier molecular flexibility index (Phi) is 5.16. The van der Waals surface area contributed by atoms with E-state index in [1.54, 1.807) is 19.1 Å². The second-order valence-electron chi connectivity index (χ2n) is 6.86. The first kappa shape index (κ1) is 18.6. The molecule has 0 bridgehead atoms. The molecule has 138 valence electrons. The van der Waals surface area contributed by atoms with Gasteiger partial charge < -0.3 is 5.32 Å². The van der Waals surface area contributed by atoms with Crippen molar-refractivity contribution in [3.8, 4) is 0 Å². The summed E-state index contributed by atoms with van der Waals surface area (Å²) in [5.74, 6) is -0.309. The molecule has 2 aromatic carbocycles. The molecule has 0 aliphatic carbocycles. The van der Waals surface area contributed by atoms with Crippen molar-refractivity contribution in [2.45, 2.75) is 38.5 Å². The number of carbonyl (C=O) groups excluding carboxylic acids is 1. The Morgan fingerprint density at radius 2 is 1.62 bits per heavy atom. The molecule has 0 radical (unpaired) electrons. The third-order valence-corrected chi connectivity index (χ3v) is 6.82. The molecule has 1 aliphatic heterocycles. The van der Waals surface area contributed by atoms with Crippen molar-refractivity contribution in [1.82, 2.24) is 4.31 Å². The number of nitrogens with one attached hydrogen (secondary N) is 1. The molecule has 3 rings (SSSR count). The Balaban J connectivity index is 1.92. The van der Waals surface area contributed by atoms with Crippen molar-refractivity contribution in [3.05, 3.63) is 58.7 Å². The summed E-state index contributed by atoms with van der Waals surface area (Å²) in [5, 5.41) is 2.89. The summed E-state index contributed by atoms with van der Waals surface area (Å²) in [6.45, 7) is 6.73. The van der Waals surface area contributed by atoms with Crippen LogP contribution >= 0.6 is 0 Å². The molecule has 0 aromatic heterocycles. The van der Waals surface area contributed by atoms with Gasteiger partial charge in [0.1, 0.15) is 0 Å². The first-order chi connectivity index (χ1) is 12.3. The zero-order valence-electron chi connectivity index (χ0n) is 15.4. The van der Waals surface area contributed by atoms with Gasteiger partial charge in [-0.25, -0.2) is 8.42 Å². The number of hydrogen-bond donors (Lipinski definition) is 1. The van der Waals surface area contributed by atoms with Crippen LogP contribution in [0.2, 0.25) is 0 Å². The molecule has 6 heteroatoms. The molecule has 1 heterocycles. The van der Waals surface area contributed by atoms with E-state index < -0.39 is 10.0 Å². The first-order valence-electron chi connectivity index (χ1n) is 8.78. The average molecular weight is 372 g/mol. The Morgan fingerprint density at radius 1 is 0.962 bits per heavy atom. The topological polar surface area (TPSA) is 66.5 Å². The molecule has 26 heavy (non-hydrogen) atoms. The summed E-state index contributed by atoms with van der Waals surface area (Å²) >= 11 is 0. The Hall–Kier alpha value is -2.18. The zero-order chi connectivity index (χ0) is 18.9. The number of aryl methyl sites for hydroxylation is 3. The van der Waals surface area contributed by atoms with Crippen LogP contribution in [0.1, 0.15) is 39.9 Å². The molecule has 0 unspecified atom stereocenters. The summed E-state index contributed by atoms with van der Waals surface area (Å²) < 4.78 is 27.3. The van der Waals surface area contributed by atoms with Crippen LogP contribution in [0.5, 0.6) is 0 Å². The molecular weight excluding hydrogens is 348 g/mol.